The summed E-state index contributed by atoms with van der Waals surface area (Å²) < 4.78 is 28.3. The molecule has 3 aliphatic rings. The highest BCUT2D eigenvalue weighted by molar-refractivity contribution is 6.02. The molecule has 51 nitrogen and oxygen atoms in total. The molecule has 2 fully saturated rings. The van der Waals surface area contributed by atoms with Gasteiger partial charge in [-0.15, -0.1) is 0 Å². The van der Waals surface area contributed by atoms with Gasteiger partial charge in [0.15, 0.2) is 23.5 Å². The summed E-state index contributed by atoms with van der Waals surface area (Å²) in [6.07, 6.45) is -6.62. The van der Waals surface area contributed by atoms with Gasteiger partial charge < -0.3 is 135 Å². The van der Waals surface area contributed by atoms with E-state index < -0.39 is 242 Å². The SMILES string of the molecule is CCn1cc(C(=O)O)c(=O)c2cc(F)c(N3CCN(C(=O)OCOC(=O)CCC(=O)NCCNC(=O)CCC(=O)Nc4cc5cc(O)c(O)cc5[n+]5c4NCC[C@H]5C(=O)N[C@@H](CO)C(=O)N[C@@H](CCCN=C(N)N)C(=O)N[C@H](CO)C(=O)N[C@@](C)(CCCN(O)C=O)C(=O)N[C@H]4CCCCNC(=O)[C@@H]([C@H](C)O)NC(=O)[C@H]([C@H](C)O)NC(=O)[C@H](CCCN(O)C=O)NC4=O)CC3)cc21. The number of halogens is 1. The Morgan fingerprint density at radius 2 is 1.31 bits per heavy atom. The number of pyridine rings is 2. The second-order valence-electron chi connectivity index (χ2n) is 31.4. The molecule has 724 valence electrons. The van der Waals surface area contributed by atoms with Crippen LogP contribution in [0, 0.1) is 5.82 Å². The van der Waals surface area contributed by atoms with Crippen molar-refractivity contribution in [3.63, 3.8) is 0 Å². The lowest BCUT2D eigenvalue weighted by molar-refractivity contribution is -0.674. The Bertz CT molecular complexity index is 4970. The third kappa shape index (κ3) is 30.0. The summed E-state index contributed by atoms with van der Waals surface area (Å²) in [6, 6.07) is -7.83. The van der Waals surface area contributed by atoms with Crippen molar-refractivity contribution in [3.8, 4) is 11.5 Å². The van der Waals surface area contributed by atoms with E-state index in [4.69, 9.17) is 20.9 Å². The number of aliphatic hydroxyl groups excluding tert-OH is 4. The predicted octanol–water partition coefficient (Wildman–Crippen LogP) is -7.12. The van der Waals surface area contributed by atoms with Crippen molar-refractivity contribution < 1.29 is 146 Å². The number of nitrogens with zero attached hydrogens (tertiary/aromatic N) is 7. The van der Waals surface area contributed by atoms with Crippen molar-refractivity contribution in [1.82, 2.24) is 78.1 Å². The van der Waals surface area contributed by atoms with Gasteiger partial charge in [-0.05, 0) is 110 Å². The van der Waals surface area contributed by atoms with E-state index in [1.807, 2.05) is 0 Å². The van der Waals surface area contributed by atoms with Crippen LogP contribution in [0.1, 0.15) is 134 Å². The van der Waals surface area contributed by atoms with E-state index in [9.17, 15) is 132 Å². The van der Waals surface area contributed by atoms with Crippen LogP contribution in [0.25, 0.3) is 21.8 Å². The maximum Gasteiger partial charge on any atom is 0.412 e. The van der Waals surface area contributed by atoms with Crippen molar-refractivity contribution in [2.45, 2.75) is 190 Å². The number of piperazine rings is 1. The number of fused-ring (bicyclic) bond motifs is 4. The van der Waals surface area contributed by atoms with Gasteiger partial charge in [-0.25, -0.2) is 28.7 Å². The van der Waals surface area contributed by atoms with E-state index in [0.717, 1.165) is 32.0 Å². The van der Waals surface area contributed by atoms with E-state index in [1.165, 1.54) is 39.3 Å². The van der Waals surface area contributed by atoms with Crippen molar-refractivity contribution in [2.24, 2.45) is 16.5 Å². The van der Waals surface area contributed by atoms with Crippen LogP contribution in [0.2, 0.25) is 0 Å². The van der Waals surface area contributed by atoms with Gasteiger partial charge in [0, 0.05) is 121 Å². The summed E-state index contributed by atoms with van der Waals surface area (Å²) in [4.78, 5) is 247. The largest absolute Gasteiger partial charge is 0.504 e. The Balaban J connectivity index is 0.951. The van der Waals surface area contributed by atoms with Gasteiger partial charge in [0.05, 0.1) is 49.6 Å². The number of guanidine groups is 1. The zero-order valence-electron chi connectivity index (χ0n) is 72.8. The normalized spacial score (nSPS) is 18.2. The molecule has 0 spiro atoms. The molecule has 0 unspecified atom stereocenters. The summed E-state index contributed by atoms with van der Waals surface area (Å²) in [5.41, 5.74) is 7.98. The third-order valence-corrected chi connectivity index (χ3v) is 21.6. The highest BCUT2D eigenvalue weighted by Crippen LogP contribution is 2.36. The fraction of sp³-hybridized carbons (Fsp3) is 0.550. The molecule has 3 aliphatic heterocycles. The first-order chi connectivity index (χ1) is 62.7. The first-order valence-electron chi connectivity index (χ1n) is 42.3. The molecule has 0 aliphatic carbocycles. The minimum absolute atomic E-state index is 0.00691. The number of hydroxylamine groups is 4. The molecule has 7 rings (SSSR count). The van der Waals surface area contributed by atoms with Crippen LogP contribution in [0.15, 0.2) is 46.3 Å². The Labute approximate surface area is 751 Å². The standard InChI is InChI=1S/C80H113FN22O29/c1-5-98-36-46(76(125)126)66(116)45-33-47(81)57(34-56(45)98)99-27-29-100(30-28-99)79(128)132-41-131-63(115)17-16-61(113)85-24-23-84-60(112)14-15-62(114)89-51-31-44-32-58(110)59(111)35-55(44)103-54(18-22-86-67(51)103)73(122)93-52(37-104)71(120)91-48(12-8-21-88-78(82)83)68(117)92-53(38-105)72(121)97-80(4,19-10-26-102(130)40-107)77(127)94-50-11-6-7-20-87-74(123)64(42(2)108)96-75(124)65(43(3)109)95-70(119)49(90-69(50)118)13-9-25-101(129)39-106/h31-36,39-40,42-43,48-50,52-54,64-65,104-105,108-109,129-130H,5-30,37-38,41H2,1-4H3,(H19,82,83,84,85,86,87,88,89,90,91,92,93,94,95,96,97,110,111,112,113,114,117,118,119,120,121,122,123,124,125,126,127)/p+1/t42-,43-,48-,49-,50-,52-,53+,54-,64+,65-,80-/m0/s1. The number of esters is 1. The van der Waals surface area contributed by atoms with Crippen LogP contribution in [0.4, 0.5) is 26.4 Å². The number of amides is 15. The molecule has 2 aromatic heterocycles. The number of carbonyl (C=O) groups is 17. The van der Waals surface area contributed by atoms with Gasteiger partial charge in [0.25, 0.3) is 11.7 Å². The van der Waals surface area contributed by atoms with Gasteiger partial charge >= 0.3 is 18.0 Å². The number of carboxylic acid groups (broad SMARTS) is 1. The first kappa shape index (κ1) is 105. The smallest absolute Gasteiger partial charge is 0.412 e. The van der Waals surface area contributed by atoms with E-state index in [0.29, 0.717) is 5.52 Å². The van der Waals surface area contributed by atoms with E-state index in [2.05, 4.69) is 74.1 Å². The number of aromatic nitrogens is 2. The summed E-state index contributed by atoms with van der Waals surface area (Å²) in [5, 5.41) is 126. The van der Waals surface area contributed by atoms with Gasteiger partial charge in [0.2, 0.25) is 90.0 Å². The molecule has 26 N–H and O–H groups in total. The lowest BCUT2D eigenvalue weighted by Crippen LogP contribution is -2.65. The van der Waals surface area contributed by atoms with Gasteiger partial charge in [-0.3, -0.25) is 97.4 Å². The number of phenols is 2. The van der Waals surface area contributed by atoms with Crippen LogP contribution < -0.4 is 95.5 Å². The molecule has 2 aromatic carbocycles. The number of aromatic hydroxyl groups is 2. The Hall–Kier alpha value is -14.0. The minimum Gasteiger partial charge on any atom is -0.504 e. The molecule has 0 saturated carbocycles. The Kier molecular flexibility index (Phi) is 40.0. The molecule has 15 amide bonds. The predicted molar refractivity (Wildman–Crippen MR) is 457 cm³/mol. The topological polar surface area (TPSA) is 750 Å². The van der Waals surface area contributed by atoms with Crippen LogP contribution >= 0.6 is 0 Å². The number of hydrogen-bond donors (Lipinski definition) is 24. The van der Waals surface area contributed by atoms with E-state index in [1.54, 1.807) is 11.8 Å². The third-order valence-electron chi connectivity index (χ3n) is 21.6. The highest BCUT2D eigenvalue weighted by atomic mass is 19.1. The molecule has 0 bridgehead atoms. The maximum absolute atomic E-state index is 15.4. The minimum atomic E-state index is -2.26. The van der Waals surface area contributed by atoms with Gasteiger partial charge in [0.1, 0.15) is 70.4 Å². The zero-order chi connectivity index (χ0) is 97.4. The molecular weight excluding hydrogens is 1750 g/mol. The molecule has 2 saturated heterocycles. The molecule has 0 radical (unpaired) electrons. The van der Waals surface area contributed by atoms with Crippen molar-refractivity contribution >= 4 is 147 Å². The summed E-state index contributed by atoms with van der Waals surface area (Å²) in [5.74, 6) is -16.9. The number of carboxylic acids is 1. The second kappa shape index (κ2) is 50.3. The number of aliphatic imine (C=N–C) groups is 1. The number of aromatic carboxylic acids is 1. The van der Waals surface area contributed by atoms with Crippen LogP contribution in [0.3, 0.4) is 0 Å². The number of ether oxygens (including phenoxy) is 2. The number of hydrogen-bond acceptors (Lipinski definition) is 31. The average molecular weight is 1870 g/mol. The quantitative estimate of drug-likeness (QED) is 0.00187. The monoisotopic (exact) mass is 1870 g/mol. The van der Waals surface area contributed by atoms with Gasteiger partial charge in [-0.1, -0.05) is 0 Å². The summed E-state index contributed by atoms with van der Waals surface area (Å²) in [6.45, 7) is 1.19. The number of aliphatic hydroxyl groups is 4. The Morgan fingerprint density at radius 1 is 0.705 bits per heavy atom. The fourth-order valence-corrected chi connectivity index (χ4v) is 14.4. The number of anilines is 3. The van der Waals surface area contributed by atoms with Crippen molar-refractivity contribution in [3.05, 3.63) is 58.1 Å². The number of aryl methyl sites for hydroxylation is 1. The van der Waals surface area contributed by atoms with E-state index in [-0.39, 0.29) is 192 Å². The number of carbonyl (C=O) groups excluding carboxylic acids is 16. The lowest BCUT2D eigenvalue weighted by Gasteiger charge is -2.35. The van der Waals surface area contributed by atoms with Crippen LogP contribution in [-0.2, 0) is 87.9 Å². The average Bonchev–Trinajstić information content (AvgIpc) is 0.748. The van der Waals surface area contributed by atoms with Crippen molar-refractivity contribution in [1.29, 1.82) is 0 Å². The molecule has 52 heteroatoms. The summed E-state index contributed by atoms with van der Waals surface area (Å²) in [7, 11) is 0. The highest BCUT2D eigenvalue weighted by Gasteiger charge is 2.43. The van der Waals surface area contributed by atoms with E-state index >= 15 is 4.39 Å². The van der Waals surface area contributed by atoms with Crippen LogP contribution in [-0.4, -0.2) is 325 Å². The Morgan fingerprint density at radius 3 is 1.94 bits per heavy atom. The molecule has 11 atom stereocenters. The molecule has 132 heavy (non-hydrogen) atoms. The number of rotatable bonds is 43. The first-order valence-corrected chi connectivity index (χ1v) is 42.3. The molecule has 5 heterocycles. The van der Waals surface area contributed by atoms with Crippen LogP contribution in [0.5, 0.6) is 11.5 Å². The van der Waals surface area contributed by atoms with Gasteiger partial charge in [-0.2, -0.15) is 0 Å². The molecule has 4 aromatic rings. The zero-order valence-corrected chi connectivity index (χ0v) is 72.8. The lowest BCUT2D eigenvalue weighted by atomic mass is 9.92. The second-order valence-corrected chi connectivity index (χ2v) is 31.4. The number of benzene rings is 2. The van der Waals surface area contributed by atoms with Crippen molar-refractivity contribution in [2.75, 3.05) is 108 Å². The number of phenolic OH excluding ortho intramolecular Hbond substituents is 2. The summed E-state index contributed by atoms with van der Waals surface area (Å²) >= 11 is 0. The number of nitrogens with one attached hydrogen (secondary N) is 13. The fourth-order valence-electron chi connectivity index (χ4n) is 14.4. The number of nitrogens with two attached hydrogens (primary N) is 2. The molecular formula is C80H114FN22O29+. The maximum atomic E-state index is 15.4.